The average Bonchev–Trinajstić information content (AvgIpc) is 2.90. The van der Waals surface area contributed by atoms with E-state index >= 15 is 0 Å². The number of benzene rings is 1. The fourth-order valence-corrected chi connectivity index (χ4v) is 2.38. The number of nitrogens with zero attached hydrogens (tertiary/aromatic N) is 4. The second kappa shape index (κ2) is 9.74. The van der Waals surface area contributed by atoms with Crippen LogP contribution in [-0.4, -0.2) is 33.8 Å². The number of guanidine groups is 1. The van der Waals surface area contributed by atoms with Crippen LogP contribution >= 0.6 is 24.0 Å². The number of nitrogens with one attached hydrogen (secondary N) is 2. The van der Waals surface area contributed by atoms with Crippen molar-refractivity contribution in [3.8, 4) is 0 Å². The van der Waals surface area contributed by atoms with E-state index in [2.05, 4.69) is 70.9 Å². The smallest absolute Gasteiger partial charge is 0.191 e. The van der Waals surface area contributed by atoms with E-state index in [0.717, 1.165) is 30.7 Å². The van der Waals surface area contributed by atoms with Gasteiger partial charge in [0.05, 0.1) is 0 Å². The molecule has 0 radical (unpaired) electrons. The van der Waals surface area contributed by atoms with Crippen molar-refractivity contribution in [3.05, 3.63) is 47.5 Å². The SMILES string of the molecule is CCNC(=NCc1nnc(C)n1C)NCC(C)(C)c1ccccc1.I. The first kappa shape index (κ1) is 21.4. The summed E-state index contributed by atoms with van der Waals surface area (Å²) in [5.74, 6) is 2.54. The Bertz CT molecular complexity index is 678. The van der Waals surface area contributed by atoms with Gasteiger partial charge in [0.15, 0.2) is 11.8 Å². The summed E-state index contributed by atoms with van der Waals surface area (Å²) in [4.78, 5) is 4.63. The van der Waals surface area contributed by atoms with Crippen LogP contribution in [0.25, 0.3) is 0 Å². The van der Waals surface area contributed by atoms with Gasteiger partial charge in [0.25, 0.3) is 0 Å². The number of rotatable bonds is 6. The number of hydrogen-bond acceptors (Lipinski definition) is 3. The Labute approximate surface area is 167 Å². The van der Waals surface area contributed by atoms with Crippen LogP contribution in [0.2, 0.25) is 0 Å². The highest BCUT2D eigenvalue weighted by Crippen LogP contribution is 2.21. The van der Waals surface area contributed by atoms with Gasteiger partial charge in [-0.3, -0.25) is 0 Å². The fourth-order valence-electron chi connectivity index (χ4n) is 2.38. The van der Waals surface area contributed by atoms with Gasteiger partial charge in [0.1, 0.15) is 12.4 Å². The monoisotopic (exact) mass is 456 g/mol. The standard InChI is InChI=1S/C18H28N6.HI/c1-6-19-17(20-12-16-23-22-14(2)24(16)5)21-13-18(3,4)15-10-8-7-9-11-15;/h7-11H,6,12-13H2,1-5H3,(H2,19,20,21);1H. The van der Waals surface area contributed by atoms with Gasteiger partial charge in [-0.05, 0) is 19.4 Å². The van der Waals surface area contributed by atoms with Crippen molar-refractivity contribution in [1.29, 1.82) is 0 Å². The first-order valence-corrected chi connectivity index (χ1v) is 8.36. The molecule has 1 heterocycles. The molecule has 1 aromatic heterocycles. The molecule has 2 rings (SSSR count). The van der Waals surface area contributed by atoms with Gasteiger partial charge in [-0.1, -0.05) is 44.2 Å². The summed E-state index contributed by atoms with van der Waals surface area (Å²) < 4.78 is 1.96. The number of hydrogen-bond donors (Lipinski definition) is 2. The molecular weight excluding hydrogens is 427 g/mol. The predicted molar refractivity (Wildman–Crippen MR) is 113 cm³/mol. The van der Waals surface area contributed by atoms with Gasteiger partial charge in [-0.2, -0.15) is 0 Å². The molecule has 0 atom stereocenters. The third-order valence-corrected chi connectivity index (χ3v) is 4.16. The van der Waals surface area contributed by atoms with Crippen LogP contribution in [0.4, 0.5) is 0 Å². The van der Waals surface area contributed by atoms with Gasteiger partial charge in [-0.25, -0.2) is 4.99 Å². The molecule has 0 aliphatic carbocycles. The Hall–Kier alpha value is -1.64. The largest absolute Gasteiger partial charge is 0.357 e. The Kier molecular flexibility index (Phi) is 8.34. The average molecular weight is 456 g/mol. The third-order valence-electron chi connectivity index (χ3n) is 4.16. The van der Waals surface area contributed by atoms with E-state index in [1.165, 1.54) is 5.56 Å². The lowest BCUT2D eigenvalue weighted by molar-refractivity contribution is 0.508. The van der Waals surface area contributed by atoms with E-state index in [1.54, 1.807) is 0 Å². The van der Waals surface area contributed by atoms with Gasteiger partial charge < -0.3 is 15.2 Å². The molecule has 0 bridgehead atoms. The van der Waals surface area contributed by atoms with Crippen molar-refractivity contribution in [1.82, 2.24) is 25.4 Å². The molecule has 2 N–H and O–H groups in total. The van der Waals surface area contributed by atoms with Crippen LogP contribution < -0.4 is 10.6 Å². The van der Waals surface area contributed by atoms with E-state index in [0.29, 0.717) is 6.54 Å². The summed E-state index contributed by atoms with van der Waals surface area (Å²) in [5.41, 5.74) is 1.32. The first-order chi connectivity index (χ1) is 11.4. The molecule has 1 aromatic carbocycles. The summed E-state index contributed by atoms with van der Waals surface area (Å²) in [5, 5.41) is 14.9. The van der Waals surface area contributed by atoms with Crippen LogP contribution in [0, 0.1) is 6.92 Å². The predicted octanol–water partition coefficient (Wildman–Crippen LogP) is 2.77. The van der Waals surface area contributed by atoms with Gasteiger partial charge >= 0.3 is 0 Å². The zero-order chi connectivity index (χ0) is 17.6. The minimum atomic E-state index is 0. The normalized spacial score (nSPS) is 11.8. The highest BCUT2D eigenvalue weighted by molar-refractivity contribution is 14.0. The molecule has 0 saturated heterocycles. The minimum absolute atomic E-state index is 0. The molecular formula is C18H29IN6. The summed E-state index contributed by atoms with van der Waals surface area (Å²) in [6, 6.07) is 10.5. The molecule has 0 amide bonds. The van der Waals surface area contributed by atoms with Crippen molar-refractivity contribution in [2.75, 3.05) is 13.1 Å². The molecule has 0 unspecified atom stereocenters. The van der Waals surface area contributed by atoms with Crippen LogP contribution in [-0.2, 0) is 19.0 Å². The van der Waals surface area contributed by atoms with Crippen LogP contribution in [0.5, 0.6) is 0 Å². The van der Waals surface area contributed by atoms with Gasteiger partial charge in [0.2, 0.25) is 0 Å². The van der Waals surface area contributed by atoms with E-state index < -0.39 is 0 Å². The maximum absolute atomic E-state index is 4.63. The molecule has 7 heteroatoms. The Balaban J connectivity index is 0.00000312. The summed E-state index contributed by atoms with van der Waals surface area (Å²) >= 11 is 0. The molecule has 138 valence electrons. The van der Waals surface area contributed by atoms with Crippen molar-refractivity contribution in [2.45, 2.75) is 39.7 Å². The molecule has 25 heavy (non-hydrogen) atoms. The molecule has 0 aliphatic heterocycles. The fraction of sp³-hybridized carbons (Fsp3) is 0.500. The Morgan fingerprint density at radius 3 is 2.40 bits per heavy atom. The van der Waals surface area contributed by atoms with Crippen LogP contribution in [0.1, 0.15) is 38.0 Å². The summed E-state index contributed by atoms with van der Waals surface area (Å²) in [6.45, 7) is 10.6. The van der Waals surface area contributed by atoms with E-state index in [-0.39, 0.29) is 29.4 Å². The molecule has 6 nitrogen and oxygen atoms in total. The third kappa shape index (κ3) is 5.98. The topological polar surface area (TPSA) is 67.1 Å². The lowest BCUT2D eigenvalue weighted by Crippen LogP contribution is -2.43. The van der Waals surface area contributed by atoms with Crippen LogP contribution in [0.3, 0.4) is 0 Å². The highest BCUT2D eigenvalue weighted by Gasteiger charge is 2.20. The Morgan fingerprint density at radius 1 is 1.16 bits per heavy atom. The number of aromatic nitrogens is 3. The number of aliphatic imine (C=N–C) groups is 1. The van der Waals surface area contributed by atoms with Gasteiger partial charge in [-0.15, -0.1) is 34.2 Å². The van der Waals surface area contributed by atoms with E-state index in [1.807, 2.05) is 24.6 Å². The van der Waals surface area contributed by atoms with Crippen molar-refractivity contribution >= 4 is 29.9 Å². The number of halogens is 1. The second-order valence-electron chi connectivity index (χ2n) is 6.52. The molecule has 2 aromatic rings. The minimum Gasteiger partial charge on any atom is -0.357 e. The molecule has 0 spiro atoms. The second-order valence-corrected chi connectivity index (χ2v) is 6.52. The van der Waals surface area contributed by atoms with E-state index in [9.17, 15) is 0 Å². The molecule has 0 fully saturated rings. The Morgan fingerprint density at radius 2 is 1.84 bits per heavy atom. The lowest BCUT2D eigenvalue weighted by Gasteiger charge is -2.26. The maximum atomic E-state index is 4.63. The van der Waals surface area contributed by atoms with Gasteiger partial charge in [0, 0.05) is 25.6 Å². The zero-order valence-electron chi connectivity index (χ0n) is 15.7. The van der Waals surface area contributed by atoms with Crippen molar-refractivity contribution < 1.29 is 0 Å². The molecule has 0 saturated carbocycles. The summed E-state index contributed by atoms with van der Waals surface area (Å²) in [6.07, 6.45) is 0. The molecule has 0 aliphatic rings. The summed E-state index contributed by atoms with van der Waals surface area (Å²) in [7, 11) is 1.96. The van der Waals surface area contributed by atoms with Crippen molar-refractivity contribution in [2.24, 2.45) is 12.0 Å². The quantitative estimate of drug-likeness (QED) is 0.399. The lowest BCUT2D eigenvalue weighted by atomic mass is 9.85. The van der Waals surface area contributed by atoms with Crippen LogP contribution in [0.15, 0.2) is 35.3 Å². The zero-order valence-corrected chi connectivity index (χ0v) is 18.0. The first-order valence-electron chi connectivity index (χ1n) is 8.36. The van der Waals surface area contributed by atoms with E-state index in [4.69, 9.17) is 0 Å². The highest BCUT2D eigenvalue weighted by atomic mass is 127. The maximum Gasteiger partial charge on any atom is 0.191 e. The van der Waals surface area contributed by atoms with Crippen molar-refractivity contribution in [3.63, 3.8) is 0 Å². The number of aryl methyl sites for hydroxylation is 1.